The van der Waals surface area contributed by atoms with Crippen molar-refractivity contribution in [2.75, 3.05) is 6.54 Å². The second-order valence-electron chi connectivity index (χ2n) is 6.05. The molecule has 1 N–H and O–H groups in total. The van der Waals surface area contributed by atoms with Crippen LogP contribution in [0, 0.1) is 17.8 Å². The molecule has 2 fully saturated rings. The van der Waals surface area contributed by atoms with Crippen molar-refractivity contribution in [3.63, 3.8) is 0 Å². The Labute approximate surface area is 104 Å². The molecule has 0 saturated heterocycles. The second kappa shape index (κ2) is 5.38. The molecule has 2 saturated carbocycles. The molecule has 3 nitrogen and oxygen atoms in total. The van der Waals surface area contributed by atoms with Crippen molar-refractivity contribution >= 4 is 5.97 Å². The highest BCUT2D eigenvalue weighted by Crippen LogP contribution is 2.49. The number of carbonyl (C=O) groups is 1. The molecule has 3 heteroatoms. The number of fused-ring (bicyclic) bond motifs is 2. The van der Waals surface area contributed by atoms with Gasteiger partial charge in [0.05, 0.1) is 12.6 Å². The van der Waals surface area contributed by atoms with E-state index in [4.69, 9.17) is 4.74 Å². The van der Waals surface area contributed by atoms with Gasteiger partial charge in [0.25, 0.3) is 0 Å². The molecule has 2 rings (SSSR count). The first-order chi connectivity index (χ1) is 8.06. The third-order valence-electron chi connectivity index (χ3n) is 4.37. The van der Waals surface area contributed by atoms with E-state index in [1.165, 1.54) is 25.7 Å². The van der Waals surface area contributed by atoms with Crippen molar-refractivity contribution in [2.45, 2.75) is 58.6 Å². The standard InChI is InChI=1S/C14H25NO2/c1-9(2)17-14(16)8-15-10(3)13-7-11-4-5-12(13)6-11/h9-13,15H,4-8H2,1-3H3. The van der Waals surface area contributed by atoms with E-state index in [0.717, 1.165) is 17.8 Å². The number of hydrogen-bond acceptors (Lipinski definition) is 3. The third-order valence-corrected chi connectivity index (χ3v) is 4.37. The topological polar surface area (TPSA) is 38.3 Å². The number of ether oxygens (including phenoxy) is 1. The Hall–Kier alpha value is -0.570. The van der Waals surface area contributed by atoms with E-state index in [-0.39, 0.29) is 12.1 Å². The van der Waals surface area contributed by atoms with Crippen LogP contribution in [0.2, 0.25) is 0 Å². The predicted octanol–water partition coefficient (Wildman–Crippen LogP) is 2.35. The maximum Gasteiger partial charge on any atom is 0.320 e. The van der Waals surface area contributed by atoms with Crippen LogP contribution in [-0.4, -0.2) is 24.7 Å². The summed E-state index contributed by atoms with van der Waals surface area (Å²) in [5.74, 6) is 2.52. The van der Waals surface area contributed by atoms with E-state index in [2.05, 4.69) is 12.2 Å². The molecule has 0 aromatic heterocycles. The van der Waals surface area contributed by atoms with Crippen molar-refractivity contribution in [2.24, 2.45) is 17.8 Å². The van der Waals surface area contributed by atoms with Gasteiger partial charge < -0.3 is 10.1 Å². The van der Waals surface area contributed by atoms with E-state index >= 15 is 0 Å². The molecule has 0 aromatic carbocycles. The Morgan fingerprint density at radius 1 is 1.29 bits per heavy atom. The van der Waals surface area contributed by atoms with Crippen LogP contribution in [-0.2, 0) is 9.53 Å². The monoisotopic (exact) mass is 239 g/mol. The lowest BCUT2D eigenvalue weighted by atomic mass is 9.84. The highest BCUT2D eigenvalue weighted by atomic mass is 16.5. The van der Waals surface area contributed by atoms with Gasteiger partial charge in [-0.2, -0.15) is 0 Å². The minimum absolute atomic E-state index is 0.0119. The molecule has 4 atom stereocenters. The van der Waals surface area contributed by atoms with Gasteiger partial charge in [0.1, 0.15) is 0 Å². The largest absolute Gasteiger partial charge is 0.462 e. The lowest BCUT2D eigenvalue weighted by Crippen LogP contribution is -2.40. The summed E-state index contributed by atoms with van der Waals surface area (Å²) in [5.41, 5.74) is 0. The average Bonchev–Trinajstić information content (AvgIpc) is 2.86. The molecule has 2 aliphatic carbocycles. The van der Waals surface area contributed by atoms with Gasteiger partial charge in [0.2, 0.25) is 0 Å². The summed E-state index contributed by atoms with van der Waals surface area (Å²) in [5, 5.41) is 3.34. The Morgan fingerprint density at radius 2 is 2.06 bits per heavy atom. The minimum atomic E-state index is -0.130. The average molecular weight is 239 g/mol. The zero-order valence-electron chi connectivity index (χ0n) is 11.2. The number of esters is 1. The van der Waals surface area contributed by atoms with Gasteiger partial charge in [-0.3, -0.25) is 4.79 Å². The van der Waals surface area contributed by atoms with Gasteiger partial charge in [-0.15, -0.1) is 0 Å². The van der Waals surface area contributed by atoms with E-state index in [9.17, 15) is 4.79 Å². The van der Waals surface area contributed by atoms with Crippen LogP contribution in [0.25, 0.3) is 0 Å². The fourth-order valence-corrected chi connectivity index (χ4v) is 3.61. The molecule has 17 heavy (non-hydrogen) atoms. The Bertz CT molecular complexity index is 277. The van der Waals surface area contributed by atoms with E-state index in [1.807, 2.05) is 13.8 Å². The van der Waals surface area contributed by atoms with Crippen LogP contribution in [0.3, 0.4) is 0 Å². The fourth-order valence-electron chi connectivity index (χ4n) is 3.61. The molecular formula is C14H25NO2. The number of carbonyl (C=O) groups excluding carboxylic acids is 1. The third kappa shape index (κ3) is 3.21. The molecule has 0 aliphatic heterocycles. The van der Waals surface area contributed by atoms with Crippen molar-refractivity contribution in [3.8, 4) is 0 Å². The summed E-state index contributed by atoms with van der Waals surface area (Å²) in [6, 6.07) is 0.449. The van der Waals surface area contributed by atoms with Crippen LogP contribution < -0.4 is 5.32 Å². The van der Waals surface area contributed by atoms with Crippen molar-refractivity contribution in [3.05, 3.63) is 0 Å². The first kappa shape index (κ1) is 12.9. The van der Waals surface area contributed by atoms with Crippen LogP contribution in [0.5, 0.6) is 0 Å². The molecular weight excluding hydrogens is 214 g/mol. The first-order valence-electron chi connectivity index (χ1n) is 6.99. The normalized spacial score (nSPS) is 33.1. The molecule has 0 spiro atoms. The van der Waals surface area contributed by atoms with Gasteiger partial charge in [0, 0.05) is 6.04 Å². The van der Waals surface area contributed by atoms with Gasteiger partial charge in [0.15, 0.2) is 0 Å². The lowest BCUT2D eigenvalue weighted by Gasteiger charge is -2.28. The summed E-state index contributed by atoms with van der Waals surface area (Å²) in [7, 11) is 0. The predicted molar refractivity (Wildman–Crippen MR) is 67.6 cm³/mol. The van der Waals surface area contributed by atoms with E-state index in [1.54, 1.807) is 0 Å². The first-order valence-corrected chi connectivity index (χ1v) is 6.99. The van der Waals surface area contributed by atoms with Gasteiger partial charge in [-0.1, -0.05) is 6.42 Å². The highest BCUT2D eigenvalue weighted by molar-refractivity contribution is 5.71. The Balaban J connectivity index is 1.71. The Kier molecular flexibility index (Phi) is 4.08. The lowest BCUT2D eigenvalue weighted by molar-refractivity contribution is -0.146. The summed E-state index contributed by atoms with van der Waals surface area (Å²) in [4.78, 5) is 11.4. The number of nitrogens with one attached hydrogen (secondary N) is 1. The van der Waals surface area contributed by atoms with Crippen molar-refractivity contribution < 1.29 is 9.53 Å². The molecule has 0 aromatic rings. The maximum absolute atomic E-state index is 11.4. The molecule has 0 radical (unpaired) electrons. The van der Waals surface area contributed by atoms with Crippen molar-refractivity contribution in [1.29, 1.82) is 0 Å². The summed E-state index contributed by atoms with van der Waals surface area (Å²) in [6.45, 7) is 6.34. The quantitative estimate of drug-likeness (QED) is 0.748. The molecule has 4 unspecified atom stereocenters. The van der Waals surface area contributed by atoms with E-state index < -0.39 is 0 Å². The summed E-state index contributed by atoms with van der Waals surface area (Å²) >= 11 is 0. The van der Waals surface area contributed by atoms with Crippen LogP contribution in [0.4, 0.5) is 0 Å². The van der Waals surface area contributed by atoms with Gasteiger partial charge >= 0.3 is 5.97 Å². The summed E-state index contributed by atoms with van der Waals surface area (Å²) < 4.78 is 5.12. The molecule has 98 valence electrons. The zero-order valence-corrected chi connectivity index (χ0v) is 11.2. The second-order valence-corrected chi connectivity index (χ2v) is 6.05. The zero-order chi connectivity index (χ0) is 12.4. The van der Waals surface area contributed by atoms with Crippen LogP contribution in [0.15, 0.2) is 0 Å². The van der Waals surface area contributed by atoms with Crippen LogP contribution in [0.1, 0.15) is 46.5 Å². The maximum atomic E-state index is 11.4. The van der Waals surface area contributed by atoms with E-state index in [0.29, 0.717) is 12.6 Å². The molecule has 2 bridgehead atoms. The number of rotatable bonds is 5. The fraction of sp³-hybridized carbons (Fsp3) is 0.929. The van der Waals surface area contributed by atoms with Crippen LogP contribution >= 0.6 is 0 Å². The molecule has 2 aliphatic rings. The molecule has 0 amide bonds. The van der Waals surface area contributed by atoms with Gasteiger partial charge in [-0.25, -0.2) is 0 Å². The molecule has 0 heterocycles. The SMILES string of the molecule is CC(C)OC(=O)CNC(C)C1CC2CCC1C2. The van der Waals surface area contributed by atoms with Crippen molar-refractivity contribution in [1.82, 2.24) is 5.32 Å². The summed E-state index contributed by atoms with van der Waals surface area (Å²) in [6.07, 6.45) is 5.61. The highest BCUT2D eigenvalue weighted by Gasteiger charge is 2.41. The smallest absolute Gasteiger partial charge is 0.320 e. The Morgan fingerprint density at radius 3 is 2.59 bits per heavy atom. The minimum Gasteiger partial charge on any atom is -0.462 e. The number of hydrogen-bond donors (Lipinski definition) is 1. The van der Waals surface area contributed by atoms with Gasteiger partial charge in [-0.05, 0) is 57.8 Å².